The number of hydrogen-bond acceptors (Lipinski definition) is 2. The monoisotopic (exact) mass is 139 g/mol. The lowest BCUT2D eigenvalue weighted by Gasteiger charge is -2.22. The summed E-state index contributed by atoms with van der Waals surface area (Å²) in [7, 11) is 0. The molecule has 0 aromatic rings. The van der Waals surface area contributed by atoms with Crippen molar-refractivity contribution in [3.05, 3.63) is 0 Å². The Morgan fingerprint density at radius 3 is 2.90 bits per heavy atom. The van der Waals surface area contributed by atoms with Crippen molar-refractivity contribution in [3.63, 3.8) is 0 Å². The molecule has 0 spiro atoms. The van der Waals surface area contributed by atoms with Crippen LogP contribution in [-0.4, -0.2) is 11.7 Å². The van der Waals surface area contributed by atoms with Crippen molar-refractivity contribution in [2.75, 3.05) is 6.61 Å². The third-order valence-electron chi connectivity index (χ3n) is 2.22. The maximum Gasteiger partial charge on any atom is 0.0655 e. The average molecular weight is 139 g/mol. The van der Waals surface area contributed by atoms with E-state index in [1.807, 2.05) is 0 Å². The molecule has 0 bridgehead atoms. The van der Waals surface area contributed by atoms with Crippen LogP contribution in [0.25, 0.3) is 0 Å². The van der Waals surface area contributed by atoms with Gasteiger partial charge in [0.1, 0.15) is 0 Å². The van der Waals surface area contributed by atoms with Gasteiger partial charge in [-0.3, -0.25) is 0 Å². The molecule has 1 aliphatic carbocycles. The van der Waals surface area contributed by atoms with Crippen LogP contribution in [0.5, 0.6) is 0 Å². The van der Waals surface area contributed by atoms with Crippen LogP contribution < -0.4 is 0 Å². The first-order chi connectivity index (χ1) is 4.86. The van der Waals surface area contributed by atoms with Crippen LogP contribution >= 0.6 is 0 Å². The van der Waals surface area contributed by atoms with Gasteiger partial charge in [0.25, 0.3) is 0 Å². The Bertz CT molecular complexity index is 139. The van der Waals surface area contributed by atoms with Gasteiger partial charge in [0, 0.05) is 12.5 Å². The van der Waals surface area contributed by atoms with Gasteiger partial charge in [-0.1, -0.05) is 6.42 Å². The molecule has 56 valence electrons. The lowest BCUT2D eigenvalue weighted by atomic mass is 9.83. The molecule has 2 atom stereocenters. The summed E-state index contributed by atoms with van der Waals surface area (Å²) in [6.45, 7) is 0.262. The van der Waals surface area contributed by atoms with Crippen molar-refractivity contribution in [1.29, 1.82) is 5.26 Å². The molecule has 0 amide bonds. The Balaban J connectivity index is 2.33. The molecule has 1 saturated carbocycles. The SMILES string of the molecule is N#C[C@H]1CCC[C@@H](CO)C1. The minimum absolute atomic E-state index is 0.214. The molecule has 1 aliphatic rings. The van der Waals surface area contributed by atoms with E-state index in [0.29, 0.717) is 5.92 Å². The normalized spacial score (nSPS) is 33.2. The summed E-state index contributed by atoms with van der Waals surface area (Å²) in [4.78, 5) is 0. The second-order valence-corrected chi connectivity index (χ2v) is 3.04. The molecule has 1 N–H and O–H groups in total. The van der Waals surface area contributed by atoms with E-state index in [9.17, 15) is 0 Å². The standard InChI is InChI=1S/C8H13NO/c9-5-7-2-1-3-8(4-7)6-10/h7-8,10H,1-4,6H2/t7-,8+/m0/s1. The molecule has 0 heterocycles. The molecule has 0 aromatic heterocycles. The van der Waals surface area contributed by atoms with E-state index < -0.39 is 0 Å². The number of aliphatic hydroxyl groups excluding tert-OH is 1. The van der Waals surface area contributed by atoms with Gasteiger partial charge in [-0.2, -0.15) is 5.26 Å². The molecule has 0 aromatic carbocycles. The molecular formula is C8H13NO. The number of nitriles is 1. The first-order valence-electron chi connectivity index (χ1n) is 3.87. The summed E-state index contributed by atoms with van der Waals surface area (Å²) in [5, 5.41) is 17.4. The van der Waals surface area contributed by atoms with Crippen LogP contribution in [-0.2, 0) is 0 Å². The van der Waals surface area contributed by atoms with Crippen molar-refractivity contribution >= 4 is 0 Å². The van der Waals surface area contributed by atoms with E-state index in [1.165, 1.54) is 0 Å². The second-order valence-electron chi connectivity index (χ2n) is 3.04. The molecule has 1 fully saturated rings. The van der Waals surface area contributed by atoms with Crippen LogP contribution in [0.4, 0.5) is 0 Å². The quantitative estimate of drug-likeness (QED) is 0.595. The van der Waals surface area contributed by atoms with Gasteiger partial charge in [0.05, 0.1) is 6.07 Å². The highest BCUT2D eigenvalue weighted by atomic mass is 16.3. The molecule has 0 unspecified atom stereocenters. The van der Waals surface area contributed by atoms with Gasteiger partial charge in [-0.05, 0) is 25.2 Å². The van der Waals surface area contributed by atoms with Crippen LogP contribution in [0.1, 0.15) is 25.7 Å². The Hall–Kier alpha value is -0.550. The van der Waals surface area contributed by atoms with Crippen molar-refractivity contribution in [2.24, 2.45) is 11.8 Å². The van der Waals surface area contributed by atoms with E-state index in [4.69, 9.17) is 10.4 Å². The zero-order chi connectivity index (χ0) is 7.40. The number of hydrogen-bond donors (Lipinski definition) is 1. The predicted octanol–water partition coefficient (Wildman–Crippen LogP) is 1.31. The molecule has 0 saturated heterocycles. The van der Waals surface area contributed by atoms with Crippen LogP contribution in [0.15, 0.2) is 0 Å². The van der Waals surface area contributed by atoms with Crippen LogP contribution in [0, 0.1) is 23.2 Å². The van der Waals surface area contributed by atoms with Crippen molar-refractivity contribution in [3.8, 4) is 6.07 Å². The van der Waals surface area contributed by atoms with Crippen LogP contribution in [0.3, 0.4) is 0 Å². The maximum absolute atomic E-state index is 8.79. The molecule has 2 nitrogen and oxygen atoms in total. The summed E-state index contributed by atoms with van der Waals surface area (Å²) < 4.78 is 0. The molecule has 0 aliphatic heterocycles. The van der Waals surface area contributed by atoms with Gasteiger partial charge < -0.3 is 5.11 Å². The smallest absolute Gasteiger partial charge is 0.0655 e. The first-order valence-corrected chi connectivity index (χ1v) is 3.87. The molecule has 1 rings (SSSR count). The topological polar surface area (TPSA) is 44.0 Å². The lowest BCUT2D eigenvalue weighted by molar-refractivity contribution is 0.175. The van der Waals surface area contributed by atoms with Gasteiger partial charge >= 0.3 is 0 Å². The summed E-state index contributed by atoms with van der Waals surface area (Å²) >= 11 is 0. The Kier molecular flexibility index (Phi) is 2.70. The largest absolute Gasteiger partial charge is 0.396 e. The van der Waals surface area contributed by atoms with Crippen molar-refractivity contribution in [1.82, 2.24) is 0 Å². The fraction of sp³-hybridized carbons (Fsp3) is 0.875. The molecule has 10 heavy (non-hydrogen) atoms. The lowest BCUT2D eigenvalue weighted by Crippen LogP contribution is -2.16. The summed E-state index contributed by atoms with van der Waals surface area (Å²) in [6.07, 6.45) is 4.16. The molecule has 2 heteroatoms. The summed E-state index contributed by atoms with van der Waals surface area (Å²) in [5.41, 5.74) is 0. The van der Waals surface area contributed by atoms with E-state index in [-0.39, 0.29) is 12.5 Å². The highest BCUT2D eigenvalue weighted by molar-refractivity contribution is 4.87. The van der Waals surface area contributed by atoms with Gasteiger partial charge in [-0.25, -0.2) is 0 Å². The van der Waals surface area contributed by atoms with E-state index in [1.54, 1.807) is 0 Å². The van der Waals surface area contributed by atoms with Crippen LogP contribution in [0.2, 0.25) is 0 Å². The highest BCUT2D eigenvalue weighted by Gasteiger charge is 2.20. The van der Waals surface area contributed by atoms with Crippen molar-refractivity contribution in [2.45, 2.75) is 25.7 Å². The summed E-state index contributed by atoms with van der Waals surface area (Å²) in [5.74, 6) is 0.615. The zero-order valence-corrected chi connectivity index (χ0v) is 6.08. The summed E-state index contributed by atoms with van der Waals surface area (Å²) in [6, 6.07) is 2.26. The Morgan fingerprint density at radius 2 is 2.30 bits per heavy atom. The Morgan fingerprint density at radius 1 is 1.50 bits per heavy atom. The first kappa shape index (κ1) is 7.56. The second kappa shape index (κ2) is 3.58. The van der Waals surface area contributed by atoms with E-state index in [2.05, 4.69) is 6.07 Å². The predicted molar refractivity (Wildman–Crippen MR) is 38.1 cm³/mol. The average Bonchev–Trinajstić information content (AvgIpc) is 2.05. The third kappa shape index (κ3) is 1.71. The van der Waals surface area contributed by atoms with Gasteiger partial charge in [0.2, 0.25) is 0 Å². The van der Waals surface area contributed by atoms with E-state index >= 15 is 0 Å². The number of nitrogens with zero attached hydrogens (tertiary/aromatic N) is 1. The number of aliphatic hydroxyl groups is 1. The van der Waals surface area contributed by atoms with Crippen molar-refractivity contribution < 1.29 is 5.11 Å². The van der Waals surface area contributed by atoms with Gasteiger partial charge in [-0.15, -0.1) is 0 Å². The third-order valence-corrected chi connectivity index (χ3v) is 2.22. The van der Waals surface area contributed by atoms with E-state index in [0.717, 1.165) is 25.7 Å². The minimum atomic E-state index is 0.214. The minimum Gasteiger partial charge on any atom is -0.396 e. The van der Waals surface area contributed by atoms with Gasteiger partial charge in [0.15, 0.2) is 0 Å². The molecular weight excluding hydrogens is 126 g/mol. The highest BCUT2D eigenvalue weighted by Crippen LogP contribution is 2.27. The maximum atomic E-state index is 8.79. The fourth-order valence-corrected chi connectivity index (χ4v) is 1.57. The fourth-order valence-electron chi connectivity index (χ4n) is 1.57. The molecule has 0 radical (unpaired) electrons. The zero-order valence-electron chi connectivity index (χ0n) is 6.08. The number of rotatable bonds is 1. The Labute approximate surface area is 61.5 Å².